The summed E-state index contributed by atoms with van der Waals surface area (Å²) < 4.78 is 41.0. The Hall–Kier alpha value is -2.41. The normalized spacial score (nSPS) is 34.1. The van der Waals surface area contributed by atoms with E-state index < -0.39 is 6.04 Å². The molecule has 1 nitrogen and oxygen atoms in total. The second kappa shape index (κ2) is 4.79. The summed E-state index contributed by atoms with van der Waals surface area (Å²) in [7, 11) is 0. The number of fused-ring (bicyclic) bond motifs is 5. The lowest BCUT2D eigenvalue weighted by atomic mass is 9.80. The van der Waals surface area contributed by atoms with Gasteiger partial charge < -0.3 is 0 Å². The lowest BCUT2D eigenvalue weighted by molar-refractivity contribution is -0.117. The number of Topliss-reactive ketones (excluding diaryl/α,β-unsaturated/α-hetero) is 1. The van der Waals surface area contributed by atoms with Gasteiger partial charge in [0.15, 0.2) is 5.78 Å². The van der Waals surface area contributed by atoms with Crippen molar-refractivity contribution in [2.24, 2.45) is 23.7 Å². The SMILES string of the molecule is [2H]c1c([2H])c([2H])c(C2=C(c3ccccc3)C(=O)[C@H]3[C@@H]2[C@@H]2C=C[C@H]3C2)c([2H])c1[2H]. The predicted molar refractivity (Wildman–Crippen MR) is 92.4 cm³/mol. The lowest BCUT2D eigenvalue weighted by Crippen LogP contribution is -2.21. The molecular formula is C22H18O. The van der Waals surface area contributed by atoms with Crippen LogP contribution in [0.1, 0.15) is 24.4 Å². The van der Waals surface area contributed by atoms with Crippen LogP contribution in [0.15, 0.2) is 72.7 Å². The highest BCUT2D eigenvalue weighted by molar-refractivity contribution is 6.33. The molecule has 0 spiro atoms. The Morgan fingerprint density at radius 2 is 1.57 bits per heavy atom. The Morgan fingerprint density at radius 1 is 0.870 bits per heavy atom. The average molecular weight is 303 g/mol. The van der Waals surface area contributed by atoms with Crippen LogP contribution in [0, 0.1) is 23.7 Å². The number of carbonyl (C=O) groups is 1. The second-order valence-corrected chi connectivity index (χ2v) is 6.52. The van der Waals surface area contributed by atoms with E-state index in [1.165, 1.54) is 0 Å². The van der Waals surface area contributed by atoms with E-state index in [0.717, 1.165) is 12.0 Å². The van der Waals surface area contributed by atoms with E-state index in [0.29, 0.717) is 11.1 Å². The smallest absolute Gasteiger partial charge is 0.168 e. The molecule has 1 heteroatoms. The molecule has 0 N–H and O–H groups in total. The summed E-state index contributed by atoms with van der Waals surface area (Å²) in [4.78, 5) is 13.5. The van der Waals surface area contributed by atoms with Gasteiger partial charge in [-0.3, -0.25) is 4.79 Å². The number of hydrogen-bond donors (Lipinski definition) is 0. The molecule has 0 aliphatic heterocycles. The number of hydrogen-bond acceptors (Lipinski definition) is 1. The van der Waals surface area contributed by atoms with Crippen LogP contribution in [-0.2, 0) is 4.79 Å². The van der Waals surface area contributed by atoms with E-state index in [4.69, 9.17) is 6.85 Å². The summed E-state index contributed by atoms with van der Waals surface area (Å²) in [5.41, 5.74) is 2.09. The maximum Gasteiger partial charge on any atom is 0.168 e. The molecule has 3 aliphatic carbocycles. The Kier molecular flexibility index (Phi) is 1.88. The summed E-state index contributed by atoms with van der Waals surface area (Å²) in [5.74, 6) is 0.0608. The van der Waals surface area contributed by atoms with Crippen molar-refractivity contribution in [3.05, 3.63) is 83.8 Å². The molecule has 2 aromatic carbocycles. The van der Waals surface area contributed by atoms with E-state index in [2.05, 4.69) is 12.2 Å². The molecule has 23 heavy (non-hydrogen) atoms. The standard InChI is InChI=1S/C22H18O/c23-22-20(15-9-5-2-6-10-15)18(14-7-3-1-4-8-14)19-16-11-12-17(13-16)21(19)22/h1-12,16-17,19,21H,13H2/t16-,17+,19-,21-/m1/s1/i1D,3D,4D,7D,8D. The first kappa shape index (κ1) is 9.02. The molecule has 5 rings (SSSR count). The Labute approximate surface area is 143 Å². The zero-order chi connectivity index (χ0) is 19.7. The summed E-state index contributed by atoms with van der Waals surface area (Å²) in [5, 5.41) is 0. The van der Waals surface area contributed by atoms with Crippen LogP contribution < -0.4 is 0 Å². The van der Waals surface area contributed by atoms with Gasteiger partial charge >= 0.3 is 0 Å². The van der Waals surface area contributed by atoms with Gasteiger partial charge in [-0.1, -0.05) is 72.7 Å². The van der Waals surface area contributed by atoms with Gasteiger partial charge in [-0.05, 0) is 35.0 Å². The molecule has 0 unspecified atom stereocenters. The zero-order valence-electron chi connectivity index (χ0n) is 17.5. The molecular weight excluding hydrogens is 280 g/mol. The minimum absolute atomic E-state index is 0.0369. The molecule has 4 atom stereocenters. The molecule has 0 amide bonds. The minimum atomic E-state index is -0.408. The fourth-order valence-corrected chi connectivity index (χ4v) is 4.62. The van der Waals surface area contributed by atoms with Gasteiger partial charge in [0, 0.05) is 17.4 Å². The van der Waals surface area contributed by atoms with Crippen molar-refractivity contribution >= 4 is 16.9 Å². The molecule has 3 aliphatic rings. The lowest BCUT2D eigenvalue weighted by Gasteiger charge is -2.22. The van der Waals surface area contributed by atoms with Gasteiger partial charge in [-0.25, -0.2) is 0 Å². The van der Waals surface area contributed by atoms with Gasteiger partial charge in [0.2, 0.25) is 0 Å². The van der Waals surface area contributed by atoms with Crippen molar-refractivity contribution in [3.8, 4) is 0 Å². The van der Waals surface area contributed by atoms with Crippen molar-refractivity contribution < 1.29 is 11.6 Å². The third kappa shape index (κ3) is 1.77. The molecule has 112 valence electrons. The van der Waals surface area contributed by atoms with Crippen molar-refractivity contribution in [3.63, 3.8) is 0 Å². The Bertz CT molecular complexity index is 1060. The molecule has 2 aromatic rings. The number of allylic oxidation sites excluding steroid dienone is 4. The summed E-state index contributed by atoms with van der Waals surface area (Å²) in [6.07, 6.45) is 5.13. The second-order valence-electron chi connectivity index (χ2n) is 6.52. The van der Waals surface area contributed by atoms with Crippen molar-refractivity contribution in [1.29, 1.82) is 0 Å². The highest BCUT2D eigenvalue weighted by Gasteiger charge is 2.55. The van der Waals surface area contributed by atoms with Crippen LogP contribution in [0.25, 0.3) is 11.1 Å². The molecule has 2 bridgehead atoms. The molecule has 0 aromatic heterocycles. The summed E-state index contributed by atoms with van der Waals surface area (Å²) >= 11 is 0. The van der Waals surface area contributed by atoms with Gasteiger partial charge in [0.25, 0.3) is 0 Å². The largest absolute Gasteiger partial charge is 0.294 e. The third-order valence-electron chi connectivity index (χ3n) is 5.44. The maximum atomic E-state index is 13.5. The molecule has 0 radical (unpaired) electrons. The van der Waals surface area contributed by atoms with Crippen LogP contribution >= 0.6 is 0 Å². The quantitative estimate of drug-likeness (QED) is 0.740. The number of ketones is 1. The maximum absolute atomic E-state index is 13.5. The third-order valence-corrected chi connectivity index (χ3v) is 5.44. The number of rotatable bonds is 2. The predicted octanol–water partition coefficient (Wildman–Crippen LogP) is 4.62. The fraction of sp³-hybridized carbons (Fsp3) is 0.227. The van der Waals surface area contributed by atoms with Crippen LogP contribution in [0.4, 0.5) is 0 Å². The van der Waals surface area contributed by atoms with E-state index >= 15 is 0 Å². The van der Waals surface area contributed by atoms with E-state index in [9.17, 15) is 4.79 Å². The molecule has 0 heterocycles. The van der Waals surface area contributed by atoms with Gasteiger partial charge in [0.05, 0.1) is 6.85 Å². The fourth-order valence-electron chi connectivity index (χ4n) is 4.62. The number of carbonyl (C=O) groups excluding carboxylic acids is 1. The highest BCUT2D eigenvalue weighted by atomic mass is 16.1. The van der Waals surface area contributed by atoms with E-state index in [1.54, 1.807) is 0 Å². The molecule has 1 saturated carbocycles. The Morgan fingerprint density at radius 3 is 2.30 bits per heavy atom. The first-order valence-electron chi connectivity index (χ1n) is 10.5. The van der Waals surface area contributed by atoms with Gasteiger partial charge in [-0.15, -0.1) is 0 Å². The average Bonchev–Trinajstić information content (AvgIpc) is 3.39. The number of benzene rings is 2. The van der Waals surface area contributed by atoms with E-state index in [1.807, 2.05) is 30.3 Å². The van der Waals surface area contributed by atoms with Gasteiger partial charge in [0.1, 0.15) is 0 Å². The topological polar surface area (TPSA) is 17.1 Å². The van der Waals surface area contributed by atoms with Crippen molar-refractivity contribution in [2.45, 2.75) is 6.42 Å². The zero-order valence-corrected chi connectivity index (χ0v) is 12.5. The molecule has 0 saturated heterocycles. The van der Waals surface area contributed by atoms with E-state index in [-0.39, 0.29) is 59.2 Å². The van der Waals surface area contributed by atoms with Gasteiger partial charge in [-0.2, -0.15) is 0 Å². The Balaban J connectivity index is 1.85. The summed E-state index contributed by atoms with van der Waals surface area (Å²) in [6.45, 7) is 0. The van der Waals surface area contributed by atoms with Crippen LogP contribution in [0.2, 0.25) is 0 Å². The first-order valence-corrected chi connectivity index (χ1v) is 8.01. The van der Waals surface area contributed by atoms with Crippen LogP contribution in [0.5, 0.6) is 0 Å². The monoisotopic (exact) mass is 303 g/mol. The summed E-state index contributed by atoms with van der Waals surface area (Å²) in [6, 6.07) is 7.73. The van der Waals surface area contributed by atoms with Crippen LogP contribution in [0.3, 0.4) is 0 Å². The van der Waals surface area contributed by atoms with Crippen molar-refractivity contribution in [2.75, 3.05) is 0 Å². The molecule has 1 fully saturated rings. The van der Waals surface area contributed by atoms with Crippen molar-refractivity contribution in [1.82, 2.24) is 0 Å². The van der Waals surface area contributed by atoms with Crippen LogP contribution in [-0.4, -0.2) is 5.78 Å². The highest BCUT2D eigenvalue weighted by Crippen LogP contribution is 2.60. The first-order chi connectivity index (χ1) is 13.4. The minimum Gasteiger partial charge on any atom is -0.294 e.